The molecule has 0 heterocycles. The Hall–Kier alpha value is -2.37. The summed E-state index contributed by atoms with van der Waals surface area (Å²) in [5, 5.41) is 7.69. The molecule has 152 valence electrons. The number of nitrogens with one attached hydrogen (secondary N) is 3. The van der Waals surface area contributed by atoms with E-state index in [-0.39, 0.29) is 48.8 Å². The molecule has 0 atom stereocenters. The topological polar surface area (TPSA) is 65.5 Å². The summed E-state index contributed by atoms with van der Waals surface area (Å²) < 4.78 is 53.1. The molecule has 5 nitrogen and oxygen atoms in total. The minimum Gasteiger partial charge on any atom is -0.352 e. The number of anilines is 1. The first-order valence-corrected chi connectivity index (χ1v) is 7.94. The van der Waals surface area contributed by atoms with Crippen LogP contribution in [0.5, 0.6) is 0 Å². The van der Waals surface area contributed by atoms with Crippen LogP contribution in [0.4, 0.5) is 23.2 Å². The van der Waals surface area contributed by atoms with E-state index in [0.717, 1.165) is 6.07 Å². The normalized spacial score (nSPS) is 10.9. The van der Waals surface area contributed by atoms with Gasteiger partial charge >= 0.3 is 0 Å². The van der Waals surface area contributed by atoms with Gasteiger partial charge in [0.25, 0.3) is 0 Å². The van der Waals surface area contributed by atoms with Gasteiger partial charge in [-0.1, -0.05) is 12.1 Å². The second-order valence-electron chi connectivity index (χ2n) is 5.63. The molecule has 0 unspecified atom stereocenters. The lowest BCUT2D eigenvalue weighted by Crippen LogP contribution is -2.41. The van der Waals surface area contributed by atoms with E-state index >= 15 is 0 Å². The zero-order valence-electron chi connectivity index (χ0n) is 15.1. The molecule has 0 bridgehead atoms. The SMILES string of the molecule is CN=C(NCC(=O)Nc1ccc(F)c(F)c1F)NCc1ccc(C)c(F)c1.I. The smallest absolute Gasteiger partial charge is 0.243 e. The number of hydrogen-bond acceptors (Lipinski definition) is 2. The van der Waals surface area contributed by atoms with Crippen LogP contribution in [0.15, 0.2) is 35.3 Å². The third kappa shape index (κ3) is 6.36. The molecule has 2 aromatic rings. The first kappa shape index (κ1) is 23.7. The standard InChI is InChI=1S/C18H18F4N4O.HI/c1-10-3-4-11(7-13(10)20)8-24-18(23-2)25-9-15(27)26-14-6-5-12(19)16(21)17(14)22;/h3-7H,8-9H2,1-2H3,(H,26,27)(H2,23,24,25);1H. The Morgan fingerprint density at radius 3 is 2.36 bits per heavy atom. The monoisotopic (exact) mass is 510 g/mol. The summed E-state index contributed by atoms with van der Waals surface area (Å²) in [5.74, 6) is -5.26. The molecule has 0 aliphatic heterocycles. The van der Waals surface area contributed by atoms with Crippen molar-refractivity contribution in [1.82, 2.24) is 10.6 Å². The van der Waals surface area contributed by atoms with Crippen LogP contribution in [0.25, 0.3) is 0 Å². The number of carbonyl (C=O) groups excluding carboxylic acids is 1. The molecule has 3 N–H and O–H groups in total. The van der Waals surface area contributed by atoms with Crippen LogP contribution in [-0.4, -0.2) is 25.5 Å². The Morgan fingerprint density at radius 1 is 1.00 bits per heavy atom. The molecular weight excluding hydrogens is 491 g/mol. The highest BCUT2D eigenvalue weighted by atomic mass is 127. The number of amides is 1. The van der Waals surface area contributed by atoms with Crippen molar-refractivity contribution in [3.05, 3.63) is 64.7 Å². The van der Waals surface area contributed by atoms with Crippen molar-refractivity contribution in [2.75, 3.05) is 18.9 Å². The van der Waals surface area contributed by atoms with E-state index in [1.807, 2.05) is 0 Å². The second-order valence-corrected chi connectivity index (χ2v) is 5.63. The minimum absolute atomic E-state index is 0. The van der Waals surface area contributed by atoms with Gasteiger partial charge < -0.3 is 16.0 Å². The maximum Gasteiger partial charge on any atom is 0.243 e. The highest BCUT2D eigenvalue weighted by Gasteiger charge is 2.15. The number of aliphatic imine (C=N–C) groups is 1. The third-order valence-corrected chi connectivity index (χ3v) is 3.65. The molecular formula is C18H19F4IN4O. The molecule has 0 fully saturated rings. The maximum atomic E-state index is 13.5. The average Bonchev–Trinajstić information content (AvgIpc) is 2.65. The fraction of sp³-hybridized carbons (Fsp3) is 0.222. The van der Waals surface area contributed by atoms with E-state index in [0.29, 0.717) is 17.2 Å². The molecule has 0 saturated carbocycles. The van der Waals surface area contributed by atoms with Crippen molar-refractivity contribution in [3.63, 3.8) is 0 Å². The van der Waals surface area contributed by atoms with Gasteiger partial charge in [-0.3, -0.25) is 9.79 Å². The van der Waals surface area contributed by atoms with Crippen molar-refractivity contribution >= 4 is 41.5 Å². The predicted octanol–water partition coefficient (Wildman–Crippen LogP) is 3.47. The Bertz CT molecular complexity index is 877. The van der Waals surface area contributed by atoms with Gasteiger partial charge in [0.1, 0.15) is 5.82 Å². The quantitative estimate of drug-likeness (QED) is 0.190. The van der Waals surface area contributed by atoms with Crippen LogP contribution >= 0.6 is 24.0 Å². The molecule has 28 heavy (non-hydrogen) atoms. The summed E-state index contributed by atoms with van der Waals surface area (Å²) in [6, 6.07) is 6.41. The number of halogens is 5. The molecule has 2 rings (SSSR count). The van der Waals surface area contributed by atoms with Crippen molar-refractivity contribution in [2.24, 2.45) is 4.99 Å². The number of aryl methyl sites for hydroxylation is 1. The number of nitrogens with zero attached hydrogens (tertiary/aromatic N) is 1. The van der Waals surface area contributed by atoms with Gasteiger partial charge in [0.05, 0.1) is 12.2 Å². The fourth-order valence-electron chi connectivity index (χ4n) is 2.13. The average molecular weight is 510 g/mol. The molecule has 2 aromatic carbocycles. The number of guanidine groups is 1. The van der Waals surface area contributed by atoms with Crippen LogP contribution in [0.1, 0.15) is 11.1 Å². The van der Waals surface area contributed by atoms with Gasteiger partial charge in [0.15, 0.2) is 23.4 Å². The highest BCUT2D eigenvalue weighted by Crippen LogP contribution is 2.19. The first-order chi connectivity index (χ1) is 12.8. The summed E-state index contributed by atoms with van der Waals surface area (Å²) in [6.07, 6.45) is 0. The Kier molecular flexibility index (Phi) is 9.16. The van der Waals surface area contributed by atoms with E-state index in [2.05, 4.69) is 20.9 Å². The van der Waals surface area contributed by atoms with Gasteiger partial charge in [0, 0.05) is 13.6 Å². The molecule has 0 aliphatic rings. The first-order valence-electron chi connectivity index (χ1n) is 7.94. The summed E-state index contributed by atoms with van der Waals surface area (Å²) in [7, 11) is 1.47. The van der Waals surface area contributed by atoms with Crippen LogP contribution in [0, 0.1) is 30.2 Å². The van der Waals surface area contributed by atoms with Gasteiger partial charge in [-0.25, -0.2) is 17.6 Å². The van der Waals surface area contributed by atoms with Crippen molar-refractivity contribution in [1.29, 1.82) is 0 Å². The predicted molar refractivity (Wildman–Crippen MR) is 110 cm³/mol. The summed E-state index contributed by atoms with van der Waals surface area (Å²) in [5.41, 5.74) is 0.732. The Morgan fingerprint density at radius 2 is 1.71 bits per heavy atom. The van der Waals surface area contributed by atoms with Gasteiger partial charge in [-0.2, -0.15) is 0 Å². The zero-order chi connectivity index (χ0) is 20.0. The molecule has 10 heteroatoms. The lowest BCUT2D eigenvalue weighted by atomic mass is 10.1. The second kappa shape index (κ2) is 10.8. The fourth-order valence-corrected chi connectivity index (χ4v) is 2.13. The molecule has 0 saturated heterocycles. The van der Waals surface area contributed by atoms with Gasteiger partial charge in [0.2, 0.25) is 5.91 Å². The number of benzene rings is 2. The molecule has 0 radical (unpaired) electrons. The Labute approximate surface area is 176 Å². The molecule has 1 amide bonds. The van der Waals surface area contributed by atoms with E-state index in [1.54, 1.807) is 19.1 Å². The number of hydrogen-bond donors (Lipinski definition) is 3. The van der Waals surface area contributed by atoms with Crippen LogP contribution in [0.3, 0.4) is 0 Å². The van der Waals surface area contributed by atoms with E-state index in [1.165, 1.54) is 13.1 Å². The summed E-state index contributed by atoms with van der Waals surface area (Å²) >= 11 is 0. The number of carbonyl (C=O) groups is 1. The summed E-state index contributed by atoms with van der Waals surface area (Å²) in [6.45, 7) is 1.61. The van der Waals surface area contributed by atoms with E-state index < -0.39 is 29.0 Å². The maximum absolute atomic E-state index is 13.5. The van der Waals surface area contributed by atoms with Crippen molar-refractivity contribution < 1.29 is 22.4 Å². The van der Waals surface area contributed by atoms with E-state index in [9.17, 15) is 22.4 Å². The van der Waals surface area contributed by atoms with Crippen molar-refractivity contribution in [3.8, 4) is 0 Å². The van der Waals surface area contributed by atoms with Gasteiger partial charge in [-0.05, 0) is 36.2 Å². The summed E-state index contributed by atoms with van der Waals surface area (Å²) in [4.78, 5) is 15.8. The third-order valence-electron chi connectivity index (χ3n) is 3.65. The molecule has 0 aliphatic carbocycles. The van der Waals surface area contributed by atoms with Crippen LogP contribution < -0.4 is 16.0 Å². The zero-order valence-corrected chi connectivity index (χ0v) is 17.4. The lowest BCUT2D eigenvalue weighted by Gasteiger charge is -2.13. The highest BCUT2D eigenvalue weighted by molar-refractivity contribution is 14.0. The number of rotatable bonds is 5. The largest absolute Gasteiger partial charge is 0.352 e. The molecule has 0 spiro atoms. The Balaban J connectivity index is 0.00000392. The lowest BCUT2D eigenvalue weighted by molar-refractivity contribution is -0.115. The van der Waals surface area contributed by atoms with E-state index in [4.69, 9.17) is 0 Å². The van der Waals surface area contributed by atoms with Crippen LogP contribution in [-0.2, 0) is 11.3 Å². The molecule has 0 aromatic heterocycles. The van der Waals surface area contributed by atoms with Crippen LogP contribution in [0.2, 0.25) is 0 Å². The van der Waals surface area contributed by atoms with Crippen molar-refractivity contribution in [2.45, 2.75) is 13.5 Å². The minimum atomic E-state index is -1.66. The van der Waals surface area contributed by atoms with Gasteiger partial charge in [-0.15, -0.1) is 24.0 Å².